The van der Waals surface area contributed by atoms with Gasteiger partial charge in [-0.05, 0) is 49.3 Å². The van der Waals surface area contributed by atoms with Gasteiger partial charge in [0.1, 0.15) is 0 Å². The van der Waals surface area contributed by atoms with Crippen LogP contribution in [0.1, 0.15) is 36.0 Å². The van der Waals surface area contributed by atoms with Gasteiger partial charge in [0.2, 0.25) is 0 Å². The number of nitrogens with two attached hydrogens (primary N) is 1. The molecule has 0 saturated heterocycles. The summed E-state index contributed by atoms with van der Waals surface area (Å²) in [5.41, 5.74) is 8.37. The van der Waals surface area contributed by atoms with Crippen LogP contribution in [0.5, 0.6) is 0 Å². The zero-order chi connectivity index (χ0) is 17.2. The fourth-order valence-corrected chi connectivity index (χ4v) is 4.13. The highest BCUT2D eigenvalue weighted by Crippen LogP contribution is 2.28. The van der Waals surface area contributed by atoms with Crippen LogP contribution in [-0.2, 0) is 0 Å². The predicted molar refractivity (Wildman–Crippen MR) is 103 cm³/mol. The van der Waals surface area contributed by atoms with Gasteiger partial charge >= 0.3 is 0 Å². The predicted octanol–water partition coefficient (Wildman–Crippen LogP) is 3.96. The summed E-state index contributed by atoms with van der Waals surface area (Å²) in [5.74, 6) is -0.0168. The van der Waals surface area contributed by atoms with Gasteiger partial charge in [-0.25, -0.2) is 4.98 Å². The van der Waals surface area contributed by atoms with Gasteiger partial charge in [-0.3, -0.25) is 4.79 Å². The summed E-state index contributed by atoms with van der Waals surface area (Å²) in [4.78, 5) is 18.8. The molecule has 0 spiro atoms. The molecule has 1 aliphatic carbocycles. The second-order valence-electron chi connectivity index (χ2n) is 6.63. The molecule has 1 aliphatic rings. The van der Waals surface area contributed by atoms with E-state index in [1.165, 1.54) is 0 Å². The maximum atomic E-state index is 13.0. The van der Waals surface area contributed by atoms with Crippen molar-refractivity contribution in [3.8, 4) is 10.6 Å². The molecule has 0 unspecified atom stereocenters. The molecule has 2 aromatic heterocycles. The number of para-hydroxylation sites is 1. The molecular weight excluding hydrogens is 330 g/mol. The molecule has 3 N–H and O–H groups in total. The molecule has 0 atom stereocenters. The molecule has 0 bridgehead atoms. The molecule has 4 rings (SSSR count). The third-order valence-corrected chi connectivity index (χ3v) is 5.73. The van der Waals surface area contributed by atoms with Crippen molar-refractivity contribution in [1.82, 2.24) is 10.3 Å². The van der Waals surface area contributed by atoms with Crippen molar-refractivity contribution in [3.05, 3.63) is 53.4 Å². The number of hydrogen-bond donors (Lipinski definition) is 2. The molecule has 128 valence electrons. The highest BCUT2D eigenvalue weighted by Gasteiger charge is 2.22. The van der Waals surface area contributed by atoms with Crippen molar-refractivity contribution in [1.29, 1.82) is 0 Å². The summed E-state index contributed by atoms with van der Waals surface area (Å²) < 4.78 is 0. The maximum absolute atomic E-state index is 13.0. The molecule has 0 aliphatic heterocycles. The Morgan fingerprint density at radius 1 is 1.12 bits per heavy atom. The number of rotatable bonds is 3. The number of aromatic nitrogens is 1. The minimum absolute atomic E-state index is 0.0168. The van der Waals surface area contributed by atoms with E-state index < -0.39 is 0 Å². The maximum Gasteiger partial charge on any atom is 0.252 e. The van der Waals surface area contributed by atoms with Gasteiger partial charge < -0.3 is 11.1 Å². The largest absolute Gasteiger partial charge is 0.349 e. The summed E-state index contributed by atoms with van der Waals surface area (Å²) in [6.45, 7) is 0. The van der Waals surface area contributed by atoms with Crippen LogP contribution >= 0.6 is 11.3 Å². The lowest BCUT2D eigenvalue weighted by Crippen LogP contribution is -2.40. The van der Waals surface area contributed by atoms with Crippen molar-refractivity contribution in [3.63, 3.8) is 0 Å². The Labute approximate surface area is 151 Å². The van der Waals surface area contributed by atoms with Crippen LogP contribution in [-0.4, -0.2) is 23.0 Å². The molecule has 0 radical (unpaired) electrons. The van der Waals surface area contributed by atoms with E-state index in [-0.39, 0.29) is 18.0 Å². The molecule has 1 amide bonds. The quantitative estimate of drug-likeness (QED) is 0.750. The molecule has 3 aromatic rings. The number of benzene rings is 1. The van der Waals surface area contributed by atoms with Gasteiger partial charge in [0.05, 0.1) is 21.7 Å². The van der Waals surface area contributed by atoms with Gasteiger partial charge in [0, 0.05) is 17.5 Å². The fraction of sp³-hybridized carbons (Fsp3) is 0.300. The first-order chi connectivity index (χ1) is 12.2. The number of amides is 1. The average Bonchev–Trinajstić information content (AvgIpc) is 3.17. The first-order valence-corrected chi connectivity index (χ1v) is 9.59. The van der Waals surface area contributed by atoms with Gasteiger partial charge in [-0.1, -0.05) is 24.3 Å². The summed E-state index contributed by atoms with van der Waals surface area (Å²) >= 11 is 1.63. The molecule has 25 heavy (non-hydrogen) atoms. The van der Waals surface area contributed by atoms with E-state index in [0.717, 1.165) is 47.2 Å². The minimum Gasteiger partial charge on any atom is -0.349 e. The minimum atomic E-state index is -0.0168. The van der Waals surface area contributed by atoms with Crippen LogP contribution in [0.15, 0.2) is 47.8 Å². The Hall–Kier alpha value is -2.24. The Morgan fingerprint density at radius 2 is 1.92 bits per heavy atom. The standard InChI is InChI=1S/C20H21N3OS/c21-13-7-9-14(10-8-13)22-20(24)16-12-18(19-6-3-11-25-19)23-17-5-2-1-4-15(16)17/h1-6,11-14H,7-10,21H2,(H,22,24). The third-order valence-electron chi connectivity index (χ3n) is 4.84. The second kappa shape index (κ2) is 6.94. The highest BCUT2D eigenvalue weighted by atomic mass is 32.1. The molecule has 5 heteroatoms. The topological polar surface area (TPSA) is 68.0 Å². The molecule has 4 nitrogen and oxygen atoms in total. The molecule has 1 fully saturated rings. The van der Waals surface area contributed by atoms with E-state index in [0.29, 0.717) is 5.56 Å². The summed E-state index contributed by atoms with van der Waals surface area (Å²) in [5, 5.41) is 6.12. The number of pyridine rings is 1. The van der Waals surface area contributed by atoms with E-state index in [1.54, 1.807) is 11.3 Å². The first-order valence-electron chi connectivity index (χ1n) is 8.71. The molecule has 2 heterocycles. The van der Waals surface area contributed by atoms with Gasteiger partial charge in [0.25, 0.3) is 5.91 Å². The normalized spacial score (nSPS) is 20.5. The zero-order valence-corrected chi connectivity index (χ0v) is 14.8. The number of thiophene rings is 1. The van der Waals surface area contributed by atoms with Crippen molar-refractivity contribution in [2.24, 2.45) is 5.73 Å². The lowest BCUT2D eigenvalue weighted by Gasteiger charge is -2.27. The van der Waals surface area contributed by atoms with E-state index in [4.69, 9.17) is 10.7 Å². The van der Waals surface area contributed by atoms with E-state index in [9.17, 15) is 4.79 Å². The smallest absolute Gasteiger partial charge is 0.252 e. The number of nitrogens with zero attached hydrogens (tertiary/aromatic N) is 1. The van der Waals surface area contributed by atoms with E-state index in [2.05, 4.69) is 5.32 Å². The number of carbonyl (C=O) groups is 1. The van der Waals surface area contributed by atoms with Crippen molar-refractivity contribution < 1.29 is 4.79 Å². The Bertz CT molecular complexity index is 883. The Kier molecular flexibility index (Phi) is 4.51. The summed E-state index contributed by atoms with van der Waals surface area (Å²) in [6, 6.07) is 14.3. The molecule has 1 saturated carbocycles. The van der Waals surface area contributed by atoms with Crippen LogP contribution in [0.2, 0.25) is 0 Å². The van der Waals surface area contributed by atoms with E-state index in [1.807, 2.05) is 47.8 Å². The first kappa shape index (κ1) is 16.2. The Morgan fingerprint density at radius 3 is 2.68 bits per heavy atom. The molecule has 1 aromatic carbocycles. The van der Waals surface area contributed by atoms with Crippen LogP contribution in [0.4, 0.5) is 0 Å². The summed E-state index contributed by atoms with van der Waals surface area (Å²) in [6.07, 6.45) is 3.85. The SMILES string of the molecule is NC1CCC(NC(=O)c2cc(-c3cccs3)nc3ccccc23)CC1. The third kappa shape index (κ3) is 3.43. The zero-order valence-electron chi connectivity index (χ0n) is 13.9. The molecular formula is C20H21N3OS. The lowest BCUT2D eigenvalue weighted by atomic mass is 9.91. The lowest BCUT2D eigenvalue weighted by molar-refractivity contribution is 0.0927. The summed E-state index contributed by atoms with van der Waals surface area (Å²) in [7, 11) is 0. The van der Waals surface area contributed by atoms with Crippen LogP contribution < -0.4 is 11.1 Å². The van der Waals surface area contributed by atoms with Gasteiger partial charge in [0.15, 0.2) is 0 Å². The number of fused-ring (bicyclic) bond motifs is 1. The van der Waals surface area contributed by atoms with Crippen molar-refractivity contribution in [2.45, 2.75) is 37.8 Å². The van der Waals surface area contributed by atoms with Gasteiger partial charge in [-0.15, -0.1) is 11.3 Å². The van der Waals surface area contributed by atoms with E-state index >= 15 is 0 Å². The second-order valence-corrected chi connectivity index (χ2v) is 7.58. The number of nitrogens with one attached hydrogen (secondary N) is 1. The number of carbonyl (C=O) groups excluding carboxylic acids is 1. The Balaban J connectivity index is 1.68. The number of hydrogen-bond acceptors (Lipinski definition) is 4. The van der Waals surface area contributed by atoms with Crippen LogP contribution in [0.3, 0.4) is 0 Å². The van der Waals surface area contributed by atoms with Crippen LogP contribution in [0, 0.1) is 0 Å². The average molecular weight is 351 g/mol. The van der Waals surface area contributed by atoms with Crippen molar-refractivity contribution >= 4 is 28.1 Å². The van der Waals surface area contributed by atoms with Crippen LogP contribution in [0.25, 0.3) is 21.5 Å². The monoisotopic (exact) mass is 351 g/mol. The highest BCUT2D eigenvalue weighted by molar-refractivity contribution is 7.13. The van der Waals surface area contributed by atoms with Crippen molar-refractivity contribution in [2.75, 3.05) is 0 Å². The van der Waals surface area contributed by atoms with Gasteiger partial charge in [-0.2, -0.15) is 0 Å². The fourth-order valence-electron chi connectivity index (χ4n) is 3.44.